The molecule has 8 heteroatoms. The Bertz CT molecular complexity index is 856. The zero-order chi connectivity index (χ0) is 20.0. The third-order valence-electron chi connectivity index (χ3n) is 3.99. The minimum atomic E-state index is -0.842. The largest absolute Gasteiger partial charge is 0.341 e. The fourth-order valence-corrected chi connectivity index (χ4v) is 2.58. The summed E-state index contributed by atoms with van der Waals surface area (Å²) in [4.78, 5) is 36.6. The van der Waals surface area contributed by atoms with Crippen molar-refractivity contribution in [2.45, 2.75) is 26.4 Å². The van der Waals surface area contributed by atoms with Gasteiger partial charge in [0.05, 0.1) is 4.92 Å². The second-order valence-corrected chi connectivity index (χ2v) is 5.98. The van der Waals surface area contributed by atoms with Crippen LogP contribution in [-0.4, -0.2) is 34.2 Å². The average Bonchev–Trinajstić information content (AvgIpc) is 2.65. The van der Waals surface area contributed by atoms with Crippen LogP contribution in [0.25, 0.3) is 0 Å². The first-order valence-corrected chi connectivity index (χ1v) is 8.40. The highest BCUT2D eigenvalue weighted by Crippen LogP contribution is 2.13. The number of amides is 2. The van der Waals surface area contributed by atoms with E-state index in [1.165, 1.54) is 42.2 Å². The Labute approximate surface area is 155 Å². The number of nitro groups is 1. The highest BCUT2D eigenvalue weighted by Gasteiger charge is 2.22. The Morgan fingerprint density at radius 3 is 2.56 bits per heavy atom. The predicted molar refractivity (Wildman–Crippen MR) is 97.5 cm³/mol. The Balaban J connectivity index is 2.05. The molecule has 0 aliphatic carbocycles. The Hall–Kier alpha value is -3.29. The molecule has 0 aliphatic heterocycles. The molecule has 0 aromatic heterocycles. The number of nitro benzene ring substituents is 1. The van der Waals surface area contributed by atoms with Crippen LogP contribution in [0.4, 0.5) is 10.1 Å². The number of likely N-dealkylation sites (N-methyl/N-ethyl adjacent to an activating group) is 1. The van der Waals surface area contributed by atoms with E-state index in [0.29, 0.717) is 12.1 Å². The first kappa shape index (κ1) is 20.0. The molecule has 0 aliphatic rings. The van der Waals surface area contributed by atoms with E-state index in [-0.39, 0.29) is 29.5 Å². The van der Waals surface area contributed by atoms with Crippen LogP contribution in [0.15, 0.2) is 48.5 Å². The van der Waals surface area contributed by atoms with Crippen LogP contribution in [-0.2, 0) is 11.3 Å². The van der Waals surface area contributed by atoms with Crippen molar-refractivity contribution in [3.05, 3.63) is 75.6 Å². The molecule has 1 atom stereocenters. The Morgan fingerprint density at radius 2 is 1.93 bits per heavy atom. The van der Waals surface area contributed by atoms with Crippen molar-refractivity contribution in [1.29, 1.82) is 0 Å². The minimum Gasteiger partial charge on any atom is -0.341 e. The predicted octanol–water partition coefficient (Wildman–Crippen LogP) is 2.90. The highest BCUT2D eigenvalue weighted by atomic mass is 19.1. The van der Waals surface area contributed by atoms with Crippen LogP contribution >= 0.6 is 0 Å². The summed E-state index contributed by atoms with van der Waals surface area (Å²) >= 11 is 0. The van der Waals surface area contributed by atoms with Gasteiger partial charge in [0.25, 0.3) is 11.6 Å². The second-order valence-electron chi connectivity index (χ2n) is 5.98. The fourth-order valence-electron chi connectivity index (χ4n) is 2.58. The number of carbonyl (C=O) groups is 2. The molecule has 0 fully saturated rings. The summed E-state index contributed by atoms with van der Waals surface area (Å²) < 4.78 is 13.3. The normalized spacial score (nSPS) is 11.5. The molecule has 0 spiro atoms. The number of benzene rings is 2. The van der Waals surface area contributed by atoms with Gasteiger partial charge in [0.1, 0.15) is 11.9 Å². The van der Waals surface area contributed by atoms with E-state index in [4.69, 9.17) is 0 Å². The molecule has 0 radical (unpaired) electrons. The van der Waals surface area contributed by atoms with Crippen LogP contribution < -0.4 is 5.32 Å². The van der Waals surface area contributed by atoms with Gasteiger partial charge in [0, 0.05) is 30.8 Å². The van der Waals surface area contributed by atoms with Crippen molar-refractivity contribution in [2.75, 3.05) is 6.54 Å². The fraction of sp³-hybridized carbons (Fsp3) is 0.263. The van der Waals surface area contributed by atoms with Gasteiger partial charge < -0.3 is 10.2 Å². The number of non-ortho nitro benzene ring substituents is 1. The molecule has 0 bridgehead atoms. The summed E-state index contributed by atoms with van der Waals surface area (Å²) in [6.45, 7) is 3.91. The summed E-state index contributed by atoms with van der Waals surface area (Å²) in [5, 5.41) is 13.4. The third kappa shape index (κ3) is 5.34. The van der Waals surface area contributed by atoms with Crippen LogP contribution in [0.3, 0.4) is 0 Å². The van der Waals surface area contributed by atoms with Crippen molar-refractivity contribution >= 4 is 17.5 Å². The molecule has 0 saturated heterocycles. The van der Waals surface area contributed by atoms with Crippen molar-refractivity contribution in [3.63, 3.8) is 0 Å². The molecule has 27 heavy (non-hydrogen) atoms. The lowest BCUT2D eigenvalue weighted by Crippen LogP contribution is -2.46. The third-order valence-corrected chi connectivity index (χ3v) is 3.99. The Morgan fingerprint density at radius 1 is 1.22 bits per heavy atom. The van der Waals surface area contributed by atoms with Crippen molar-refractivity contribution in [3.8, 4) is 0 Å². The first-order valence-electron chi connectivity index (χ1n) is 8.40. The van der Waals surface area contributed by atoms with Crippen LogP contribution in [0, 0.1) is 15.9 Å². The molecule has 2 aromatic carbocycles. The maximum atomic E-state index is 13.3. The van der Waals surface area contributed by atoms with Gasteiger partial charge in [-0.05, 0) is 37.6 Å². The first-order chi connectivity index (χ1) is 12.8. The van der Waals surface area contributed by atoms with Crippen molar-refractivity contribution < 1.29 is 18.9 Å². The van der Waals surface area contributed by atoms with Crippen molar-refractivity contribution in [1.82, 2.24) is 10.2 Å². The second kappa shape index (κ2) is 8.88. The molecule has 0 heterocycles. The number of carbonyl (C=O) groups excluding carboxylic acids is 2. The van der Waals surface area contributed by atoms with Crippen LogP contribution in [0.5, 0.6) is 0 Å². The molecule has 2 rings (SSSR count). The van der Waals surface area contributed by atoms with E-state index >= 15 is 0 Å². The van der Waals surface area contributed by atoms with Crippen LogP contribution in [0.2, 0.25) is 0 Å². The van der Waals surface area contributed by atoms with Gasteiger partial charge in [0.15, 0.2) is 0 Å². The topological polar surface area (TPSA) is 92.6 Å². The molecular formula is C19H20FN3O4. The number of hydrogen-bond donors (Lipinski definition) is 1. The lowest BCUT2D eigenvalue weighted by molar-refractivity contribution is -0.384. The van der Waals surface area contributed by atoms with Gasteiger partial charge >= 0.3 is 0 Å². The van der Waals surface area contributed by atoms with Gasteiger partial charge in [-0.3, -0.25) is 19.7 Å². The SMILES string of the molecule is CCN(Cc1cccc(F)c1)C(=O)C(C)NC(=O)c1cccc([N+](=O)[O-])c1. The van der Waals surface area contributed by atoms with E-state index in [1.54, 1.807) is 19.1 Å². The lowest BCUT2D eigenvalue weighted by Gasteiger charge is -2.25. The van der Waals surface area contributed by atoms with Crippen molar-refractivity contribution in [2.24, 2.45) is 0 Å². The maximum absolute atomic E-state index is 13.3. The summed E-state index contributed by atoms with van der Waals surface area (Å²) in [7, 11) is 0. The molecule has 1 unspecified atom stereocenters. The molecule has 142 valence electrons. The lowest BCUT2D eigenvalue weighted by atomic mass is 10.1. The minimum absolute atomic E-state index is 0.0945. The zero-order valence-corrected chi connectivity index (χ0v) is 15.0. The van der Waals surface area contributed by atoms with E-state index < -0.39 is 16.9 Å². The average molecular weight is 373 g/mol. The molecule has 2 aromatic rings. The van der Waals surface area contributed by atoms with Gasteiger partial charge in [0.2, 0.25) is 5.91 Å². The molecular weight excluding hydrogens is 353 g/mol. The monoisotopic (exact) mass is 373 g/mol. The zero-order valence-electron chi connectivity index (χ0n) is 15.0. The Kier molecular flexibility index (Phi) is 6.59. The van der Waals surface area contributed by atoms with Gasteiger partial charge in [-0.1, -0.05) is 18.2 Å². The smallest absolute Gasteiger partial charge is 0.270 e. The van der Waals surface area contributed by atoms with Gasteiger partial charge in [-0.15, -0.1) is 0 Å². The summed E-state index contributed by atoms with van der Waals surface area (Å²) in [6, 6.07) is 10.4. The quantitative estimate of drug-likeness (QED) is 0.597. The maximum Gasteiger partial charge on any atom is 0.270 e. The van der Waals surface area contributed by atoms with Gasteiger partial charge in [-0.2, -0.15) is 0 Å². The van der Waals surface area contributed by atoms with E-state index in [2.05, 4.69) is 5.32 Å². The number of halogens is 1. The molecule has 2 amide bonds. The summed E-state index contributed by atoms with van der Waals surface area (Å²) in [6.07, 6.45) is 0. The number of hydrogen-bond acceptors (Lipinski definition) is 4. The van der Waals surface area contributed by atoms with E-state index in [9.17, 15) is 24.1 Å². The summed E-state index contributed by atoms with van der Waals surface area (Å²) in [5.74, 6) is -1.30. The molecule has 7 nitrogen and oxygen atoms in total. The highest BCUT2D eigenvalue weighted by molar-refractivity contribution is 5.97. The number of nitrogens with one attached hydrogen (secondary N) is 1. The number of rotatable bonds is 7. The van der Waals surface area contributed by atoms with E-state index in [1.807, 2.05) is 0 Å². The molecule has 0 saturated carbocycles. The molecule has 1 N–H and O–H groups in total. The van der Waals surface area contributed by atoms with Gasteiger partial charge in [-0.25, -0.2) is 4.39 Å². The van der Waals surface area contributed by atoms with E-state index in [0.717, 1.165) is 6.07 Å². The number of nitrogens with zero attached hydrogens (tertiary/aromatic N) is 2. The standard InChI is InChI=1S/C19H20FN3O4/c1-3-22(12-14-6-4-8-16(20)10-14)19(25)13(2)21-18(24)15-7-5-9-17(11-15)23(26)27/h4-11,13H,3,12H2,1-2H3,(H,21,24). The summed E-state index contributed by atoms with van der Waals surface area (Å²) in [5.41, 5.74) is 0.530. The van der Waals surface area contributed by atoms with Crippen LogP contribution in [0.1, 0.15) is 29.8 Å².